The number of benzene rings is 1. The van der Waals surface area contributed by atoms with E-state index in [0.717, 1.165) is 0 Å². The molecule has 1 aromatic rings. The quantitative estimate of drug-likeness (QED) is 0.853. The number of carbonyl (C=O) groups excluding carboxylic acids is 3. The number of urea groups is 1. The molecule has 0 aliphatic carbocycles. The molecule has 4 amide bonds. The molecule has 0 bridgehead atoms. The van der Waals surface area contributed by atoms with Gasteiger partial charge in [-0.25, -0.2) is 4.79 Å². The van der Waals surface area contributed by atoms with Crippen molar-refractivity contribution in [3.05, 3.63) is 24.3 Å². The lowest BCUT2D eigenvalue weighted by atomic mass is 9.81. The average Bonchev–Trinajstić information content (AvgIpc) is 2.36. The van der Waals surface area contributed by atoms with Gasteiger partial charge >= 0.3 is 6.03 Å². The molecule has 1 aliphatic rings. The topological polar surface area (TPSA) is 69.7 Å². The van der Waals surface area contributed by atoms with Gasteiger partial charge in [-0.05, 0) is 23.6 Å². The van der Waals surface area contributed by atoms with E-state index in [0.29, 0.717) is 24.2 Å². The Kier molecular flexibility index (Phi) is 4.21. The van der Waals surface area contributed by atoms with E-state index in [1.165, 1.54) is 9.80 Å². The molecule has 0 aromatic heterocycles. The minimum atomic E-state index is -0.304. The van der Waals surface area contributed by atoms with Gasteiger partial charge in [-0.1, -0.05) is 19.9 Å². The Hall–Kier alpha value is -2.37. The van der Waals surface area contributed by atoms with Gasteiger partial charge in [-0.2, -0.15) is 0 Å². The van der Waals surface area contributed by atoms with Crippen LogP contribution in [0.25, 0.3) is 0 Å². The fourth-order valence-electron chi connectivity index (χ4n) is 2.42. The monoisotopic (exact) mass is 303 g/mol. The van der Waals surface area contributed by atoms with Crippen LogP contribution in [0, 0.1) is 5.41 Å². The SMILES string of the molecule is CN(C)C(=O)Nc1cccc(N2C(=O)CC(C)(C)CC2=O)c1. The molecular formula is C16H21N3O3. The lowest BCUT2D eigenvalue weighted by Crippen LogP contribution is -2.46. The van der Waals surface area contributed by atoms with Crippen LogP contribution in [0.5, 0.6) is 0 Å². The second-order valence-electron chi connectivity index (χ2n) is 6.52. The van der Waals surface area contributed by atoms with E-state index >= 15 is 0 Å². The predicted octanol–water partition coefficient (Wildman–Crippen LogP) is 2.46. The molecule has 1 aromatic carbocycles. The van der Waals surface area contributed by atoms with Crippen molar-refractivity contribution in [2.24, 2.45) is 5.41 Å². The molecule has 1 aliphatic heterocycles. The van der Waals surface area contributed by atoms with Crippen LogP contribution in [0.2, 0.25) is 0 Å². The third-order valence-electron chi connectivity index (χ3n) is 3.52. The highest BCUT2D eigenvalue weighted by molar-refractivity contribution is 6.17. The summed E-state index contributed by atoms with van der Waals surface area (Å²) in [6.45, 7) is 3.82. The van der Waals surface area contributed by atoms with Gasteiger partial charge in [0.05, 0.1) is 5.69 Å². The van der Waals surface area contributed by atoms with Crippen molar-refractivity contribution in [3.63, 3.8) is 0 Å². The van der Waals surface area contributed by atoms with Crippen LogP contribution in [0.1, 0.15) is 26.7 Å². The van der Waals surface area contributed by atoms with Gasteiger partial charge in [-0.3, -0.25) is 14.5 Å². The molecule has 1 heterocycles. The zero-order chi connectivity index (χ0) is 16.5. The second-order valence-corrected chi connectivity index (χ2v) is 6.52. The summed E-state index contributed by atoms with van der Waals surface area (Å²) in [5, 5.41) is 2.70. The fourth-order valence-corrected chi connectivity index (χ4v) is 2.42. The summed E-state index contributed by atoms with van der Waals surface area (Å²) in [6.07, 6.45) is 0.653. The Morgan fingerprint density at radius 3 is 2.32 bits per heavy atom. The van der Waals surface area contributed by atoms with Crippen LogP contribution in [-0.2, 0) is 9.59 Å². The van der Waals surface area contributed by atoms with E-state index < -0.39 is 0 Å². The van der Waals surface area contributed by atoms with Crippen molar-refractivity contribution in [3.8, 4) is 0 Å². The highest BCUT2D eigenvalue weighted by atomic mass is 16.2. The molecule has 1 fully saturated rings. The number of hydrogen-bond acceptors (Lipinski definition) is 3. The van der Waals surface area contributed by atoms with Crippen molar-refractivity contribution in [1.82, 2.24) is 4.90 Å². The number of hydrogen-bond donors (Lipinski definition) is 1. The van der Waals surface area contributed by atoms with Crippen molar-refractivity contribution >= 4 is 29.2 Å². The number of amides is 4. The lowest BCUT2D eigenvalue weighted by Gasteiger charge is -2.34. The van der Waals surface area contributed by atoms with E-state index in [9.17, 15) is 14.4 Å². The third kappa shape index (κ3) is 3.44. The molecule has 0 spiro atoms. The number of rotatable bonds is 2. The summed E-state index contributed by atoms with van der Waals surface area (Å²) in [4.78, 5) is 38.8. The van der Waals surface area contributed by atoms with Crippen molar-refractivity contribution in [2.75, 3.05) is 24.3 Å². The van der Waals surface area contributed by atoms with Crippen LogP contribution in [-0.4, -0.2) is 36.8 Å². The van der Waals surface area contributed by atoms with E-state index in [2.05, 4.69) is 5.32 Å². The average molecular weight is 303 g/mol. The third-order valence-corrected chi connectivity index (χ3v) is 3.52. The van der Waals surface area contributed by atoms with Gasteiger partial charge in [0, 0.05) is 32.6 Å². The second kappa shape index (κ2) is 5.79. The fraction of sp³-hybridized carbons (Fsp3) is 0.438. The van der Waals surface area contributed by atoms with E-state index in [-0.39, 0.29) is 23.3 Å². The number of nitrogens with zero attached hydrogens (tertiary/aromatic N) is 2. The summed E-state index contributed by atoms with van der Waals surface area (Å²) in [5.74, 6) is -0.422. The minimum absolute atomic E-state index is 0.211. The Balaban J connectivity index is 2.24. The minimum Gasteiger partial charge on any atom is -0.331 e. The number of imide groups is 1. The van der Waals surface area contributed by atoms with E-state index in [4.69, 9.17) is 0 Å². The molecule has 118 valence electrons. The number of carbonyl (C=O) groups is 3. The number of nitrogens with one attached hydrogen (secondary N) is 1. The molecule has 2 rings (SSSR count). The van der Waals surface area contributed by atoms with Gasteiger partial charge < -0.3 is 10.2 Å². The summed E-state index contributed by atoms with van der Waals surface area (Å²) < 4.78 is 0. The Morgan fingerprint density at radius 1 is 1.18 bits per heavy atom. The molecule has 0 atom stereocenters. The molecule has 0 saturated carbocycles. The van der Waals surface area contributed by atoms with Crippen LogP contribution in [0.4, 0.5) is 16.2 Å². The van der Waals surface area contributed by atoms with Crippen molar-refractivity contribution in [1.29, 1.82) is 0 Å². The lowest BCUT2D eigenvalue weighted by molar-refractivity contribution is -0.132. The molecule has 1 N–H and O–H groups in total. The molecule has 6 nitrogen and oxygen atoms in total. The van der Waals surface area contributed by atoms with Gasteiger partial charge in [-0.15, -0.1) is 0 Å². The molecular weight excluding hydrogens is 282 g/mol. The first-order chi connectivity index (χ1) is 10.2. The van der Waals surface area contributed by atoms with Gasteiger partial charge in [0.25, 0.3) is 0 Å². The van der Waals surface area contributed by atoms with Crippen LogP contribution < -0.4 is 10.2 Å². The first-order valence-electron chi connectivity index (χ1n) is 7.14. The van der Waals surface area contributed by atoms with Gasteiger partial charge in [0.1, 0.15) is 0 Å². The Bertz CT molecular complexity index is 603. The molecule has 0 unspecified atom stereocenters. The number of piperidine rings is 1. The van der Waals surface area contributed by atoms with Crippen LogP contribution in [0.3, 0.4) is 0 Å². The molecule has 1 saturated heterocycles. The summed E-state index contributed by atoms with van der Waals surface area (Å²) in [5.41, 5.74) is 0.727. The largest absolute Gasteiger partial charge is 0.331 e. The smallest absolute Gasteiger partial charge is 0.321 e. The predicted molar refractivity (Wildman–Crippen MR) is 84.7 cm³/mol. The van der Waals surface area contributed by atoms with Crippen molar-refractivity contribution in [2.45, 2.75) is 26.7 Å². The highest BCUT2D eigenvalue weighted by Crippen LogP contribution is 2.34. The molecule has 22 heavy (non-hydrogen) atoms. The van der Waals surface area contributed by atoms with E-state index in [1.807, 2.05) is 13.8 Å². The maximum absolute atomic E-state index is 12.3. The van der Waals surface area contributed by atoms with Crippen LogP contribution >= 0.6 is 0 Å². The maximum Gasteiger partial charge on any atom is 0.321 e. The van der Waals surface area contributed by atoms with Gasteiger partial charge in [0.2, 0.25) is 11.8 Å². The van der Waals surface area contributed by atoms with Gasteiger partial charge in [0.15, 0.2) is 0 Å². The summed E-state index contributed by atoms with van der Waals surface area (Å²) >= 11 is 0. The first-order valence-corrected chi connectivity index (χ1v) is 7.14. The summed E-state index contributed by atoms with van der Waals surface area (Å²) in [7, 11) is 3.28. The van der Waals surface area contributed by atoms with E-state index in [1.54, 1.807) is 38.4 Å². The maximum atomic E-state index is 12.3. The highest BCUT2D eigenvalue weighted by Gasteiger charge is 2.38. The van der Waals surface area contributed by atoms with Crippen LogP contribution in [0.15, 0.2) is 24.3 Å². The standard InChI is InChI=1S/C16H21N3O3/c1-16(2)9-13(20)19(14(21)10-16)12-7-5-6-11(8-12)17-15(22)18(3)4/h5-8H,9-10H2,1-4H3,(H,17,22). The molecule has 6 heteroatoms. The zero-order valence-corrected chi connectivity index (χ0v) is 13.3. The Labute approximate surface area is 130 Å². The van der Waals surface area contributed by atoms with Crippen molar-refractivity contribution < 1.29 is 14.4 Å². The molecule has 0 radical (unpaired) electrons. The Morgan fingerprint density at radius 2 is 1.77 bits per heavy atom. The normalized spacial score (nSPS) is 17.4. The zero-order valence-electron chi connectivity index (χ0n) is 13.3. The first kappa shape index (κ1) is 16.0. The number of anilines is 2. The summed E-state index contributed by atoms with van der Waals surface area (Å²) in [6, 6.07) is 6.48.